The molecular weight excluding hydrogens is 418 g/mol. The average Bonchev–Trinajstić information content (AvgIpc) is 3.40. The van der Waals surface area contributed by atoms with Crippen LogP contribution in [-0.2, 0) is 4.74 Å². The van der Waals surface area contributed by atoms with E-state index in [0.717, 1.165) is 28.4 Å². The normalized spacial score (nSPS) is 15.7. The topological polar surface area (TPSA) is 72.4 Å². The summed E-state index contributed by atoms with van der Waals surface area (Å²) >= 11 is 2.77. The predicted molar refractivity (Wildman–Crippen MR) is 117 cm³/mol. The van der Waals surface area contributed by atoms with Crippen molar-refractivity contribution in [3.63, 3.8) is 0 Å². The van der Waals surface area contributed by atoms with Crippen LogP contribution in [0.4, 0.5) is 0 Å². The van der Waals surface area contributed by atoms with Gasteiger partial charge in [-0.3, -0.25) is 4.79 Å². The number of aromatic nitrogens is 2. The molecule has 2 aromatic heterocycles. The number of carbonyl (C=O) groups excluding carboxylic acids is 2. The predicted octanol–water partition coefficient (Wildman–Crippen LogP) is 4.67. The largest absolute Gasteiger partial charge is 0.453 e. The van der Waals surface area contributed by atoms with Crippen LogP contribution in [0.15, 0.2) is 42.7 Å². The van der Waals surface area contributed by atoms with Crippen molar-refractivity contribution in [1.29, 1.82) is 0 Å². The molecule has 30 heavy (non-hydrogen) atoms. The molecule has 1 amide bonds. The molecule has 0 aliphatic carbocycles. The van der Waals surface area contributed by atoms with Gasteiger partial charge in [0.05, 0.1) is 22.4 Å². The summed E-state index contributed by atoms with van der Waals surface area (Å²) in [6.45, 7) is 5.05. The number of thiazole rings is 2. The number of ether oxygens (including phenoxy) is 1. The molecule has 0 spiro atoms. The molecule has 8 heteroatoms. The summed E-state index contributed by atoms with van der Waals surface area (Å²) in [4.78, 5) is 36.9. The van der Waals surface area contributed by atoms with E-state index in [-0.39, 0.29) is 23.9 Å². The number of hydrogen-bond acceptors (Lipinski definition) is 7. The monoisotopic (exact) mass is 441 g/mol. The lowest BCUT2D eigenvalue weighted by atomic mass is 9.87. The van der Waals surface area contributed by atoms with Gasteiger partial charge in [0.1, 0.15) is 15.9 Å². The van der Waals surface area contributed by atoms with Crippen molar-refractivity contribution in [2.75, 3.05) is 13.1 Å². The van der Waals surface area contributed by atoms with E-state index in [0.29, 0.717) is 22.8 Å². The standard InChI is InChI=1S/C22H23N3O3S2/c1-14-23-12-18(29-14)21(26)25-10-8-17(9-11-25)20(16-6-4-3-5-7-16)28-22(27)19-13-24-15(2)30-19/h3-7,12-13,17,20H,8-11H2,1-2H3/t20-/m0/s1. The van der Waals surface area contributed by atoms with E-state index in [4.69, 9.17) is 4.74 Å². The highest BCUT2D eigenvalue weighted by Gasteiger charge is 2.33. The highest BCUT2D eigenvalue weighted by Crippen LogP contribution is 2.35. The van der Waals surface area contributed by atoms with Crippen LogP contribution in [0.5, 0.6) is 0 Å². The van der Waals surface area contributed by atoms with E-state index in [1.807, 2.05) is 49.1 Å². The smallest absolute Gasteiger partial charge is 0.350 e. The Morgan fingerprint density at radius 1 is 1.00 bits per heavy atom. The molecule has 0 N–H and O–H groups in total. The Hall–Kier alpha value is -2.58. The van der Waals surface area contributed by atoms with Crippen molar-refractivity contribution in [2.45, 2.75) is 32.8 Å². The van der Waals surface area contributed by atoms with Gasteiger partial charge in [-0.2, -0.15) is 0 Å². The lowest BCUT2D eigenvalue weighted by Gasteiger charge is -2.35. The van der Waals surface area contributed by atoms with E-state index in [1.165, 1.54) is 22.7 Å². The molecule has 1 saturated heterocycles. The number of nitrogens with zero attached hydrogens (tertiary/aromatic N) is 3. The minimum absolute atomic E-state index is 0.0347. The van der Waals surface area contributed by atoms with Gasteiger partial charge in [-0.05, 0) is 32.3 Å². The SMILES string of the molecule is Cc1ncc(C(=O)O[C@@H](c2ccccc2)C2CCN(C(=O)c3cnc(C)s3)CC2)s1. The van der Waals surface area contributed by atoms with Crippen LogP contribution in [0.1, 0.15) is 53.9 Å². The van der Waals surface area contributed by atoms with Gasteiger partial charge < -0.3 is 9.64 Å². The first-order valence-electron chi connectivity index (χ1n) is 9.91. The number of hydrogen-bond donors (Lipinski definition) is 0. The van der Waals surface area contributed by atoms with Gasteiger partial charge >= 0.3 is 5.97 Å². The Morgan fingerprint density at radius 2 is 1.60 bits per heavy atom. The molecule has 1 aromatic carbocycles. The molecule has 4 rings (SSSR count). The maximum Gasteiger partial charge on any atom is 0.350 e. The van der Waals surface area contributed by atoms with Crippen LogP contribution in [0.3, 0.4) is 0 Å². The number of esters is 1. The molecule has 0 radical (unpaired) electrons. The zero-order chi connectivity index (χ0) is 21.1. The summed E-state index contributed by atoms with van der Waals surface area (Å²) < 4.78 is 5.98. The summed E-state index contributed by atoms with van der Waals surface area (Å²) in [5.41, 5.74) is 0.981. The summed E-state index contributed by atoms with van der Waals surface area (Å²) in [6.07, 6.45) is 4.43. The van der Waals surface area contributed by atoms with Crippen molar-refractivity contribution >= 4 is 34.6 Å². The molecule has 3 heterocycles. The fourth-order valence-electron chi connectivity index (χ4n) is 3.73. The second kappa shape index (κ2) is 9.06. The van der Waals surface area contributed by atoms with E-state index in [1.54, 1.807) is 12.4 Å². The van der Waals surface area contributed by atoms with Gasteiger partial charge in [-0.1, -0.05) is 30.3 Å². The van der Waals surface area contributed by atoms with Gasteiger partial charge in [0.15, 0.2) is 0 Å². The van der Waals surface area contributed by atoms with Crippen LogP contribution in [-0.4, -0.2) is 39.8 Å². The van der Waals surface area contributed by atoms with Crippen LogP contribution >= 0.6 is 22.7 Å². The first-order chi connectivity index (χ1) is 14.5. The molecule has 156 valence electrons. The highest BCUT2D eigenvalue weighted by molar-refractivity contribution is 7.13. The third-order valence-electron chi connectivity index (χ3n) is 5.27. The maximum absolute atomic E-state index is 12.7. The summed E-state index contributed by atoms with van der Waals surface area (Å²) in [7, 11) is 0. The molecule has 1 aliphatic heterocycles. The summed E-state index contributed by atoms with van der Waals surface area (Å²) in [6, 6.07) is 9.85. The van der Waals surface area contributed by atoms with Gasteiger partial charge in [0, 0.05) is 19.0 Å². The van der Waals surface area contributed by atoms with Gasteiger partial charge in [0.2, 0.25) is 0 Å². The van der Waals surface area contributed by atoms with Crippen molar-refractivity contribution < 1.29 is 14.3 Å². The quantitative estimate of drug-likeness (QED) is 0.538. The number of rotatable bonds is 5. The van der Waals surface area contributed by atoms with Crippen LogP contribution < -0.4 is 0 Å². The third-order valence-corrected chi connectivity index (χ3v) is 7.07. The average molecular weight is 442 g/mol. The summed E-state index contributed by atoms with van der Waals surface area (Å²) in [5.74, 6) is -0.154. The van der Waals surface area contributed by atoms with Crippen molar-refractivity contribution in [2.24, 2.45) is 5.92 Å². The zero-order valence-corrected chi connectivity index (χ0v) is 18.5. The Balaban J connectivity index is 1.47. The Kier molecular flexibility index (Phi) is 6.24. The van der Waals surface area contributed by atoms with Crippen LogP contribution in [0.25, 0.3) is 0 Å². The number of carbonyl (C=O) groups is 2. The lowest BCUT2D eigenvalue weighted by Crippen LogP contribution is -2.40. The third kappa shape index (κ3) is 4.60. The molecular formula is C22H23N3O3S2. The minimum atomic E-state index is -0.344. The first-order valence-corrected chi connectivity index (χ1v) is 11.5. The van der Waals surface area contributed by atoms with E-state index in [2.05, 4.69) is 9.97 Å². The molecule has 0 unspecified atom stereocenters. The van der Waals surface area contributed by atoms with Crippen LogP contribution in [0, 0.1) is 19.8 Å². The number of benzene rings is 1. The molecule has 1 aliphatic rings. The molecule has 0 saturated carbocycles. The number of amides is 1. The Labute approximate surface area is 183 Å². The second-order valence-electron chi connectivity index (χ2n) is 7.35. The van der Waals surface area contributed by atoms with Gasteiger partial charge in [-0.25, -0.2) is 14.8 Å². The van der Waals surface area contributed by atoms with E-state index >= 15 is 0 Å². The molecule has 0 bridgehead atoms. The second-order valence-corrected chi connectivity index (χ2v) is 9.82. The molecule has 6 nitrogen and oxygen atoms in total. The lowest BCUT2D eigenvalue weighted by molar-refractivity contribution is 0.00126. The zero-order valence-electron chi connectivity index (χ0n) is 16.9. The van der Waals surface area contributed by atoms with Crippen LogP contribution in [0.2, 0.25) is 0 Å². The summed E-state index contributed by atoms with van der Waals surface area (Å²) in [5, 5.41) is 1.73. The fourth-order valence-corrected chi connectivity index (χ4v) is 5.14. The van der Waals surface area contributed by atoms with Crippen molar-refractivity contribution in [1.82, 2.24) is 14.9 Å². The first kappa shape index (κ1) is 20.7. The van der Waals surface area contributed by atoms with Crippen molar-refractivity contribution in [3.05, 3.63) is 68.1 Å². The molecule has 3 aromatic rings. The fraction of sp³-hybridized carbons (Fsp3) is 0.364. The minimum Gasteiger partial charge on any atom is -0.453 e. The van der Waals surface area contributed by atoms with E-state index in [9.17, 15) is 9.59 Å². The van der Waals surface area contributed by atoms with Gasteiger partial charge in [0.25, 0.3) is 5.91 Å². The molecule has 1 fully saturated rings. The molecule has 1 atom stereocenters. The number of likely N-dealkylation sites (tertiary alicyclic amines) is 1. The van der Waals surface area contributed by atoms with E-state index < -0.39 is 0 Å². The van der Waals surface area contributed by atoms with Crippen molar-refractivity contribution in [3.8, 4) is 0 Å². The Morgan fingerprint density at radius 3 is 2.17 bits per heavy atom. The van der Waals surface area contributed by atoms with Gasteiger partial charge in [-0.15, -0.1) is 22.7 Å². The maximum atomic E-state index is 12.7. The number of aryl methyl sites for hydroxylation is 2. The highest BCUT2D eigenvalue weighted by atomic mass is 32.1. The number of piperidine rings is 1. The Bertz CT molecular complexity index is 1020.